The first-order valence-electron chi connectivity index (χ1n) is 10.7. The van der Waals surface area contributed by atoms with Crippen molar-refractivity contribution >= 4 is 11.7 Å². The number of hydrogen-bond donors (Lipinski definition) is 0. The van der Waals surface area contributed by atoms with Crippen LogP contribution in [0.15, 0.2) is 53.1 Å². The van der Waals surface area contributed by atoms with E-state index in [0.717, 1.165) is 0 Å². The lowest BCUT2D eigenvalue weighted by molar-refractivity contribution is -0.189. The number of amides is 1. The van der Waals surface area contributed by atoms with Crippen LogP contribution in [0.5, 0.6) is 5.75 Å². The first kappa shape index (κ1) is 29.4. The second-order valence-electron chi connectivity index (χ2n) is 7.97. The highest BCUT2D eigenvalue weighted by molar-refractivity contribution is 5.82. The summed E-state index contributed by atoms with van der Waals surface area (Å²) in [5, 5.41) is 3.29. The van der Waals surface area contributed by atoms with Gasteiger partial charge in [0.15, 0.2) is 0 Å². The number of carbonyl (C=O) groups is 2. The van der Waals surface area contributed by atoms with Gasteiger partial charge in [-0.25, -0.2) is 0 Å². The molecule has 1 atom stereocenters. The van der Waals surface area contributed by atoms with Crippen molar-refractivity contribution in [3.05, 3.63) is 65.5 Å². The molecular weight excluding hydrogens is 553 g/mol. The Morgan fingerprint density at radius 3 is 2.05 bits per heavy atom. The molecule has 0 spiro atoms. The van der Waals surface area contributed by atoms with E-state index >= 15 is 0 Å². The highest BCUT2D eigenvalue weighted by Gasteiger charge is 2.46. The van der Waals surface area contributed by atoms with E-state index in [-0.39, 0.29) is 29.3 Å². The summed E-state index contributed by atoms with van der Waals surface area (Å²) in [5.41, 5.74) is 0.783. The van der Waals surface area contributed by atoms with Crippen LogP contribution < -0.4 is 4.74 Å². The lowest BCUT2D eigenvalue weighted by atomic mass is 10.0. The van der Waals surface area contributed by atoms with Crippen molar-refractivity contribution in [2.75, 3.05) is 6.61 Å². The molecular formula is C23H16F9N3O4. The number of hydrogen-bond acceptors (Lipinski definition) is 6. The molecule has 0 fully saturated rings. The maximum absolute atomic E-state index is 13.3. The average Bonchev–Trinajstić information content (AvgIpc) is 3.27. The number of halogens is 9. The first-order valence-corrected chi connectivity index (χ1v) is 10.7. The third-order valence-electron chi connectivity index (χ3n) is 5.19. The Morgan fingerprint density at radius 2 is 1.54 bits per heavy atom. The summed E-state index contributed by atoms with van der Waals surface area (Å²) in [6, 6.07) is 11.0. The molecule has 1 aromatic heterocycles. The van der Waals surface area contributed by atoms with Gasteiger partial charge in [0, 0.05) is 18.1 Å². The van der Waals surface area contributed by atoms with E-state index < -0.39 is 48.7 Å². The number of rotatable bonds is 2. The molecule has 0 aliphatic carbocycles. The second kappa shape index (κ2) is 10.9. The van der Waals surface area contributed by atoms with E-state index in [0.29, 0.717) is 17.4 Å². The molecule has 2 aromatic carbocycles. The summed E-state index contributed by atoms with van der Waals surface area (Å²) < 4.78 is 120. The minimum atomic E-state index is -5.10. The van der Waals surface area contributed by atoms with Crippen LogP contribution in [-0.4, -0.2) is 45.7 Å². The highest BCUT2D eigenvalue weighted by Crippen LogP contribution is 2.37. The number of alkyl halides is 9. The molecule has 0 radical (unpaired) electrons. The Bertz CT molecular complexity index is 1320. The average molecular weight is 569 g/mol. The van der Waals surface area contributed by atoms with Gasteiger partial charge in [0.25, 0.3) is 0 Å². The molecule has 2 heterocycles. The molecule has 1 aliphatic rings. The van der Waals surface area contributed by atoms with Crippen LogP contribution in [0.1, 0.15) is 30.0 Å². The molecule has 1 unspecified atom stereocenters. The van der Waals surface area contributed by atoms with Crippen LogP contribution in [0.25, 0.3) is 11.4 Å². The number of fused-ring (bicyclic) bond motifs is 1. The van der Waals surface area contributed by atoms with E-state index in [9.17, 15) is 49.1 Å². The number of aromatic nitrogens is 2. The molecule has 39 heavy (non-hydrogen) atoms. The third-order valence-corrected chi connectivity index (χ3v) is 5.19. The maximum atomic E-state index is 13.3. The quantitative estimate of drug-likeness (QED) is 0.357. The Labute approximate surface area is 213 Å². The summed E-state index contributed by atoms with van der Waals surface area (Å²) >= 11 is 0. The topological polar surface area (TPSA) is 85.5 Å². The van der Waals surface area contributed by atoms with Crippen molar-refractivity contribution in [2.45, 2.75) is 38.0 Å². The van der Waals surface area contributed by atoms with Crippen LogP contribution in [0.4, 0.5) is 39.5 Å². The fourth-order valence-corrected chi connectivity index (χ4v) is 3.29. The summed E-state index contributed by atoms with van der Waals surface area (Å²) in [7, 11) is 0. The van der Waals surface area contributed by atoms with Gasteiger partial charge in [0.1, 0.15) is 12.4 Å². The molecule has 0 saturated carbocycles. The lowest BCUT2D eigenvalue weighted by Crippen LogP contribution is -2.43. The van der Waals surface area contributed by atoms with Crippen LogP contribution >= 0.6 is 0 Å². The zero-order chi connectivity index (χ0) is 29.2. The second-order valence-corrected chi connectivity index (χ2v) is 7.97. The number of ether oxygens (including phenoxy) is 1. The van der Waals surface area contributed by atoms with Gasteiger partial charge in [0.05, 0.1) is 12.6 Å². The number of ketones is 1. The van der Waals surface area contributed by atoms with Gasteiger partial charge in [-0.1, -0.05) is 47.6 Å². The van der Waals surface area contributed by atoms with Gasteiger partial charge in [-0.3, -0.25) is 9.59 Å². The van der Waals surface area contributed by atoms with Crippen molar-refractivity contribution in [3.8, 4) is 17.1 Å². The fourth-order valence-electron chi connectivity index (χ4n) is 3.29. The Morgan fingerprint density at radius 1 is 0.923 bits per heavy atom. The third kappa shape index (κ3) is 7.26. The van der Waals surface area contributed by atoms with Crippen molar-refractivity contribution in [2.24, 2.45) is 0 Å². The van der Waals surface area contributed by atoms with Gasteiger partial charge < -0.3 is 14.2 Å². The van der Waals surface area contributed by atoms with E-state index in [1.54, 1.807) is 30.3 Å². The van der Waals surface area contributed by atoms with Crippen molar-refractivity contribution in [1.29, 1.82) is 0 Å². The minimum absolute atomic E-state index is 0.0965. The smallest absolute Gasteiger partial charge is 0.471 e. The number of benzene rings is 2. The summed E-state index contributed by atoms with van der Waals surface area (Å²) in [6.07, 6.45) is -14.6. The van der Waals surface area contributed by atoms with Crippen LogP contribution in [0, 0.1) is 0 Å². The molecule has 210 valence electrons. The largest absolute Gasteiger partial charge is 0.491 e. The van der Waals surface area contributed by atoms with E-state index in [1.165, 1.54) is 18.2 Å². The van der Waals surface area contributed by atoms with Crippen molar-refractivity contribution in [3.63, 3.8) is 0 Å². The van der Waals surface area contributed by atoms with Crippen molar-refractivity contribution in [1.82, 2.24) is 15.0 Å². The van der Waals surface area contributed by atoms with Crippen LogP contribution in [-0.2, 0) is 22.3 Å². The van der Waals surface area contributed by atoms with Gasteiger partial charge in [-0.15, -0.1) is 0 Å². The summed E-state index contributed by atoms with van der Waals surface area (Å²) in [4.78, 5) is 25.5. The summed E-state index contributed by atoms with van der Waals surface area (Å²) in [6.45, 7) is -0.240. The first-order chi connectivity index (χ1) is 18.0. The van der Waals surface area contributed by atoms with E-state index in [4.69, 9.17) is 4.74 Å². The van der Waals surface area contributed by atoms with Crippen LogP contribution in [0.3, 0.4) is 0 Å². The fraction of sp³-hybridized carbons (Fsp3) is 0.304. The lowest BCUT2D eigenvalue weighted by Gasteiger charge is -2.30. The summed E-state index contributed by atoms with van der Waals surface area (Å²) in [5.74, 6) is -5.59. The Hall–Kier alpha value is -4.11. The number of nitrogens with zero attached hydrogens (tertiary/aromatic N) is 3. The van der Waals surface area contributed by atoms with Crippen molar-refractivity contribution < 1.29 is 58.4 Å². The predicted molar refractivity (Wildman–Crippen MR) is 113 cm³/mol. The molecule has 0 saturated heterocycles. The minimum Gasteiger partial charge on any atom is -0.491 e. The van der Waals surface area contributed by atoms with Gasteiger partial charge in [0.2, 0.25) is 11.6 Å². The monoisotopic (exact) mass is 569 g/mol. The van der Waals surface area contributed by atoms with Crippen LogP contribution in [0.2, 0.25) is 0 Å². The molecule has 7 nitrogen and oxygen atoms in total. The predicted octanol–water partition coefficient (Wildman–Crippen LogP) is 5.92. The molecule has 0 bridgehead atoms. The molecule has 1 aliphatic heterocycles. The van der Waals surface area contributed by atoms with Gasteiger partial charge in [-0.05, 0) is 11.6 Å². The molecule has 0 N–H and O–H groups in total. The Balaban J connectivity index is 0.000000532. The molecule has 3 aromatic rings. The normalized spacial score (nSPS) is 15.8. The van der Waals surface area contributed by atoms with Gasteiger partial charge in [-0.2, -0.15) is 44.5 Å². The maximum Gasteiger partial charge on any atom is 0.471 e. The zero-order valence-electron chi connectivity index (χ0n) is 19.5. The Kier molecular flexibility index (Phi) is 8.26. The molecule has 4 rings (SSSR count). The molecule has 16 heteroatoms. The molecule has 1 amide bonds. The van der Waals surface area contributed by atoms with E-state index in [1.807, 2.05) is 0 Å². The number of carbonyl (C=O) groups excluding carboxylic acids is 2. The zero-order valence-corrected chi connectivity index (χ0v) is 19.5. The standard InChI is InChI=1S/C20H13F6N3O3.C3H3F3O/c21-19(22,23)17-27-16(28-32-17)12-6-7-13-9-29(18(30)20(24,25)26)14(10-31-15(13)8-12)11-4-2-1-3-5-11;1-2(7)3(4,5)6/h1-8,14H,9-10H2;1H3. The van der Waals surface area contributed by atoms with E-state index in [2.05, 4.69) is 14.7 Å². The highest BCUT2D eigenvalue weighted by atomic mass is 19.4. The number of Topliss-reactive ketones (excluding diaryl/α,β-unsaturated/α-hetero) is 1. The van der Waals surface area contributed by atoms with Gasteiger partial charge >= 0.3 is 30.3 Å². The SMILES string of the molecule is CC(=O)C(F)(F)F.O=C(N1Cc2ccc(-c3noc(C(F)(F)F)n3)cc2OCC1c1ccccc1)C(F)(F)F.